The van der Waals surface area contributed by atoms with Gasteiger partial charge in [0.25, 0.3) is 0 Å². The van der Waals surface area contributed by atoms with Crippen LogP contribution in [-0.4, -0.2) is 103 Å². The third-order valence-electron chi connectivity index (χ3n) is 11.1. The van der Waals surface area contributed by atoms with Gasteiger partial charge in [-0.1, -0.05) is 37.1 Å². The molecule has 2 saturated carbocycles. The number of rotatable bonds is 20. The zero-order valence-corrected chi connectivity index (χ0v) is 29.6. The molecular weight excluding hydrogens is 622 g/mol. The third-order valence-corrected chi connectivity index (χ3v) is 11.1. The maximum Gasteiger partial charge on any atom is 0.239 e. The third kappa shape index (κ3) is 7.72. The number of allylic oxidation sites excluding steroid dienone is 1. The molecule has 270 valence electrons. The number of aliphatic hydroxyl groups excluding tert-OH is 2. The zero-order valence-electron chi connectivity index (χ0n) is 29.6. The molecule has 10 nitrogen and oxygen atoms in total. The first-order chi connectivity index (χ1) is 24.0. The van der Waals surface area contributed by atoms with Gasteiger partial charge in [0.15, 0.2) is 0 Å². The highest BCUT2D eigenvalue weighted by Crippen LogP contribution is 2.62. The average Bonchev–Trinajstić information content (AvgIpc) is 4.04. The molecule has 6 atom stereocenters. The molecule has 1 aromatic rings. The van der Waals surface area contributed by atoms with Gasteiger partial charge in [-0.25, -0.2) is 0 Å². The second kappa shape index (κ2) is 16.4. The molecule has 3 aliphatic carbocycles. The molecule has 6 unspecified atom stereocenters. The van der Waals surface area contributed by atoms with Gasteiger partial charge in [0.05, 0.1) is 18.2 Å². The van der Waals surface area contributed by atoms with E-state index >= 15 is 0 Å². The van der Waals surface area contributed by atoms with Gasteiger partial charge in [-0.15, -0.1) is 6.58 Å². The normalized spacial score (nSPS) is 29.3. The van der Waals surface area contributed by atoms with E-state index in [1.54, 1.807) is 13.2 Å². The summed E-state index contributed by atoms with van der Waals surface area (Å²) in [5.74, 6) is 0.686. The van der Waals surface area contributed by atoms with Gasteiger partial charge in [-0.05, 0) is 80.6 Å². The van der Waals surface area contributed by atoms with E-state index in [1.807, 2.05) is 17.0 Å². The van der Waals surface area contributed by atoms with Gasteiger partial charge in [-0.3, -0.25) is 9.69 Å². The lowest BCUT2D eigenvalue weighted by Crippen LogP contribution is -2.70. The van der Waals surface area contributed by atoms with Crippen molar-refractivity contribution in [3.8, 4) is 11.5 Å². The van der Waals surface area contributed by atoms with Crippen molar-refractivity contribution in [2.24, 2.45) is 28.8 Å². The van der Waals surface area contributed by atoms with E-state index in [1.165, 1.54) is 0 Å². The summed E-state index contributed by atoms with van der Waals surface area (Å²) in [6.07, 6.45) is 12.3. The molecule has 49 heavy (non-hydrogen) atoms. The molecule has 5 aliphatic rings. The summed E-state index contributed by atoms with van der Waals surface area (Å²) in [7, 11) is 1.59. The van der Waals surface area contributed by atoms with Crippen LogP contribution >= 0.6 is 0 Å². The molecular formula is C39H57N3O7. The minimum atomic E-state index is -1.18. The average molecular weight is 680 g/mol. The van der Waals surface area contributed by atoms with Crippen LogP contribution in [-0.2, 0) is 14.4 Å². The van der Waals surface area contributed by atoms with E-state index < -0.39 is 11.8 Å². The van der Waals surface area contributed by atoms with E-state index in [-0.39, 0.29) is 55.3 Å². The number of oxime groups is 1. The highest BCUT2D eigenvalue weighted by molar-refractivity contribution is 6.03. The summed E-state index contributed by atoms with van der Waals surface area (Å²) in [6, 6.07) is 5.77. The van der Waals surface area contributed by atoms with Gasteiger partial charge >= 0.3 is 0 Å². The van der Waals surface area contributed by atoms with Crippen LogP contribution in [0.1, 0.15) is 82.6 Å². The highest BCUT2D eigenvalue weighted by Gasteiger charge is 2.65. The van der Waals surface area contributed by atoms with Crippen molar-refractivity contribution in [1.82, 2.24) is 9.80 Å². The summed E-state index contributed by atoms with van der Waals surface area (Å²) < 4.78 is 20.6. The molecule has 0 bridgehead atoms. The molecule has 1 amide bonds. The fourth-order valence-corrected chi connectivity index (χ4v) is 8.66. The van der Waals surface area contributed by atoms with Crippen LogP contribution in [0, 0.1) is 23.7 Å². The van der Waals surface area contributed by atoms with Crippen LogP contribution in [0.5, 0.6) is 11.5 Å². The quantitative estimate of drug-likeness (QED) is 0.0828. The number of unbranched alkanes of at least 4 members (excludes halogenated alkanes) is 2. The Kier molecular flexibility index (Phi) is 12.0. The van der Waals surface area contributed by atoms with Gasteiger partial charge in [0, 0.05) is 63.2 Å². The number of ether oxygens (including phenoxy) is 3. The number of hydrogen-bond acceptors (Lipinski definition) is 9. The molecule has 0 spiro atoms. The number of hydrogen-bond donors (Lipinski definition) is 2. The lowest BCUT2D eigenvalue weighted by molar-refractivity contribution is -0.257. The van der Waals surface area contributed by atoms with Gasteiger partial charge in [0.2, 0.25) is 11.7 Å². The lowest BCUT2D eigenvalue weighted by atomic mass is 9.55. The second-order valence-electron chi connectivity index (χ2n) is 14.5. The largest absolute Gasteiger partial charge is 0.492 e. The van der Waals surface area contributed by atoms with Crippen LogP contribution in [0.4, 0.5) is 0 Å². The van der Waals surface area contributed by atoms with Crippen molar-refractivity contribution in [1.29, 1.82) is 0 Å². The minimum Gasteiger partial charge on any atom is -0.492 e. The molecule has 2 N–H and O–H groups in total. The first kappa shape index (κ1) is 35.9. The maximum absolute atomic E-state index is 14.1. The Bertz CT molecular complexity index is 1360. The lowest BCUT2D eigenvalue weighted by Gasteiger charge is -2.60. The molecule has 2 heterocycles. The first-order valence-electron chi connectivity index (χ1n) is 18.8. The Morgan fingerprint density at radius 1 is 1.16 bits per heavy atom. The van der Waals surface area contributed by atoms with E-state index in [4.69, 9.17) is 19.0 Å². The van der Waals surface area contributed by atoms with Crippen LogP contribution < -0.4 is 9.47 Å². The number of benzene rings is 1. The predicted octanol–water partition coefficient (Wildman–Crippen LogP) is 5.29. The minimum absolute atomic E-state index is 0.0357. The van der Waals surface area contributed by atoms with Crippen molar-refractivity contribution in [3.05, 3.63) is 48.1 Å². The number of amides is 1. The fraction of sp³-hybridized carbons (Fsp3) is 0.692. The first-order valence-corrected chi connectivity index (χ1v) is 18.8. The van der Waals surface area contributed by atoms with E-state index in [0.717, 1.165) is 106 Å². The van der Waals surface area contributed by atoms with E-state index in [2.05, 4.69) is 35.7 Å². The summed E-state index contributed by atoms with van der Waals surface area (Å²) in [5.41, 5.74) is 2.99. The van der Waals surface area contributed by atoms with Crippen LogP contribution in [0.3, 0.4) is 0 Å². The highest BCUT2D eigenvalue weighted by atomic mass is 16.7. The van der Waals surface area contributed by atoms with Crippen molar-refractivity contribution in [2.45, 2.75) is 88.9 Å². The Labute approximate surface area is 292 Å². The maximum atomic E-state index is 14.1. The van der Waals surface area contributed by atoms with Gasteiger partial charge in [-0.2, -0.15) is 0 Å². The molecule has 0 aromatic heterocycles. The Morgan fingerprint density at radius 2 is 1.94 bits per heavy atom. The van der Waals surface area contributed by atoms with Crippen molar-refractivity contribution in [3.63, 3.8) is 0 Å². The summed E-state index contributed by atoms with van der Waals surface area (Å²) in [6.45, 7) is 11.1. The summed E-state index contributed by atoms with van der Waals surface area (Å²) in [4.78, 5) is 24.0. The Balaban J connectivity index is 1.53. The topological polar surface area (TPSA) is 113 Å². The number of carbonyl (C=O) groups is 1. The second-order valence-corrected chi connectivity index (χ2v) is 14.5. The van der Waals surface area contributed by atoms with Crippen molar-refractivity contribution in [2.75, 3.05) is 59.7 Å². The van der Waals surface area contributed by atoms with Crippen LogP contribution in [0.15, 0.2) is 47.7 Å². The number of fused-ring (bicyclic) bond motifs is 2. The monoisotopic (exact) mass is 679 g/mol. The number of aliphatic hydroxyl groups is 2. The van der Waals surface area contributed by atoms with Crippen molar-refractivity contribution >= 4 is 11.6 Å². The van der Waals surface area contributed by atoms with Gasteiger partial charge in [0.1, 0.15) is 31.3 Å². The Hall–Kier alpha value is -2.92. The standard InChI is InChI=1S/C39H57N3O7/c1-4-16-42(38(45)27-12-13-27)35-26-33(40-46-3)31-24-28(10-6-8-20-43)30(11-7-9-21-44)36-32-25-29(47-23-19-41-17-18-41)14-15-34(32)49-39(35,37(31)36)48-22-5-2/h5,14-15,24-25,27-28,30,35-37,43-44H,2,4,6-13,16-23,26H2,1,3H3. The molecule has 1 aromatic carbocycles. The molecule has 3 fully saturated rings. The molecule has 0 radical (unpaired) electrons. The van der Waals surface area contributed by atoms with Crippen LogP contribution in [0.25, 0.3) is 0 Å². The van der Waals surface area contributed by atoms with E-state index in [0.29, 0.717) is 19.6 Å². The SMILES string of the molecule is C=CCOC12Oc3ccc(OCCN4CC4)cc3C3C(CCCCO)C(CCCCO)C=C(C(=NOC)CC1N(CCC)C(=O)C1CC1)C32. The number of carbonyl (C=O) groups excluding carboxylic acids is 1. The number of nitrogens with zero attached hydrogens (tertiary/aromatic N) is 3. The molecule has 2 aliphatic heterocycles. The van der Waals surface area contributed by atoms with Gasteiger partial charge < -0.3 is 34.2 Å². The predicted molar refractivity (Wildman–Crippen MR) is 189 cm³/mol. The van der Waals surface area contributed by atoms with E-state index in [9.17, 15) is 15.0 Å². The molecule has 10 heteroatoms. The molecule has 6 rings (SSSR count). The zero-order chi connectivity index (χ0) is 34.4. The van der Waals surface area contributed by atoms with Crippen LogP contribution in [0.2, 0.25) is 0 Å². The smallest absolute Gasteiger partial charge is 0.239 e. The Morgan fingerprint density at radius 3 is 2.61 bits per heavy atom. The summed E-state index contributed by atoms with van der Waals surface area (Å²) in [5, 5.41) is 24.2. The fourth-order valence-electron chi connectivity index (χ4n) is 8.66. The summed E-state index contributed by atoms with van der Waals surface area (Å²) >= 11 is 0. The van der Waals surface area contributed by atoms with Crippen molar-refractivity contribution < 1.29 is 34.1 Å². The molecule has 1 saturated heterocycles.